The Morgan fingerprint density at radius 1 is 1.33 bits per heavy atom. The Labute approximate surface area is 129 Å². The summed E-state index contributed by atoms with van der Waals surface area (Å²) in [5.74, 6) is 0.294. The van der Waals surface area contributed by atoms with Crippen molar-refractivity contribution in [2.24, 2.45) is 0 Å². The third-order valence-corrected chi connectivity index (χ3v) is 3.34. The second kappa shape index (κ2) is 11.2. The number of hydrogen-bond acceptors (Lipinski definition) is 6. The van der Waals surface area contributed by atoms with Crippen LogP contribution in [0.15, 0.2) is 12.2 Å². The number of nitrogens with one attached hydrogen (secondary N) is 1. The molecule has 0 aliphatic rings. The number of thioether (sulfide) groups is 1. The van der Waals surface area contributed by atoms with Gasteiger partial charge in [-0.15, -0.1) is 0 Å². The number of esters is 2. The Balaban J connectivity index is 3.75. The summed E-state index contributed by atoms with van der Waals surface area (Å²) in [6, 6.07) is 0. The van der Waals surface area contributed by atoms with Crippen LogP contribution in [0.1, 0.15) is 27.2 Å². The van der Waals surface area contributed by atoms with E-state index in [4.69, 9.17) is 9.47 Å². The Bertz CT molecular complexity index is 384. The lowest BCUT2D eigenvalue weighted by atomic mass is 10.3. The predicted octanol–water partition coefficient (Wildman–Crippen LogP) is 1.30. The van der Waals surface area contributed by atoms with Crippen molar-refractivity contribution in [1.29, 1.82) is 0 Å². The van der Waals surface area contributed by atoms with Gasteiger partial charge in [0.1, 0.15) is 19.3 Å². The van der Waals surface area contributed by atoms with Crippen LogP contribution in [0.25, 0.3) is 0 Å². The molecule has 0 saturated carbocycles. The molecule has 0 spiro atoms. The highest BCUT2D eigenvalue weighted by atomic mass is 32.2. The van der Waals surface area contributed by atoms with Gasteiger partial charge < -0.3 is 14.8 Å². The molecule has 1 unspecified atom stereocenters. The van der Waals surface area contributed by atoms with Gasteiger partial charge in [-0.3, -0.25) is 9.59 Å². The molecule has 6 nitrogen and oxygen atoms in total. The normalized spacial score (nSPS) is 11.4. The molecule has 0 aliphatic carbocycles. The molecule has 0 aliphatic heterocycles. The lowest BCUT2D eigenvalue weighted by Crippen LogP contribution is -2.33. The molecule has 0 radical (unpaired) electrons. The summed E-state index contributed by atoms with van der Waals surface area (Å²) in [5, 5.41) is 2.41. The number of hydrogen-bond donors (Lipinski definition) is 1. The van der Waals surface area contributed by atoms with Crippen molar-refractivity contribution in [3.05, 3.63) is 12.2 Å². The van der Waals surface area contributed by atoms with Gasteiger partial charge >= 0.3 is 11.9 Å². The van der Waals surface area contributed by atoms with Crippen LogP contribution >= 0.6 is 11.8 Å². The SMILES string of the molecule is C=C(C)C(=O)OCCC(=O)NCC(=O)OC(C)CSCC. The average molecular weight is 317 g/mol. The number of carbonyl (C=O) groups excluding carboxylic acids is 3. The number of rotatable bonds is 10. The van der Waals surface area contributed by atoms with E-state index in [-0.39, 0.29) is 37.2 Å². The van der Waals surface area contributed by atoms with Crippen molar-refractivity contribution in [2.75, 3.05) is 24.7 Å². The summed E-state index contributed by atoms with van der Waals surface area (Å²) >= 11 is 1.68. The van der Waals surface area contributed by atoms with Gasteiger partial charge in [-0.1, -0.05) is 13.5 Å². The van der Waals surface area contributed by atoms with Gasteiger partial charge in [-0.05, 0) is 19.6 Å². The topological polar surface area (TPSA) is 81.7 Å². The van der Waals surface area contributed by atoms with Crippen LogP contribution in [0.2, 0.25) is 0 Å². The van der Waals surface area contributed by atoms with Gasteiger partial charge in [0.15, 0.2) is 0 Å². The van der Waals surface area contributed by atoms with Gasteiger partial charge in [-0.2, -0.15) is 11.8 Å². The van der Waals surface area contributed by atoms with Crippen LogP contribution in [-0.2, 0) is 23.9 Å². The minimum atomic E-state index is -0.538. The molecule has 1 amide bonds. The van der Waals surface area contributed by atoms with E-state index < -0.39 is 11.9 Å². The van der Waals surface area contributed by atoms with Crippen molar-refractivity contribution in [1.82, 2.24) is 5.32 Å². The number of amides is 1. The molecule has 1 atom stereocenters. The fourth-order valence-corrected chi connectivity index (χ4v) is 1.84. The second-order valence-electron chi connectivity index (χ2n) is 4.40. The van der Waals surface area contributed by atoms with E-state index in [1.807, 2.05) is 6.92 Å². The Hall–Kier alpha value is -1.50. The molecule has 0 saturated heterocycles. The summed E-state index contributed by atoms with van der Waals surface area (Å²) in [4.78, 5) is 33.9. The Kier molecular flexibility index (Phi) is 10.4. The van der Waals surface area contributed by atoms with Crippen molar-refractivity contribution in [3.8, 4) is 0 Å². The van der Waals surface area contributed by atoms with Gasteiger partial charge in [0.2, 0.25) is 5.91 Å². The van der Waals surface area contributed by atoms with Crippen LogP contribution in [0.5, 0.6) is 0 Å². The lowest BCUT2D eigenvalue weighted by Gasteiger charge is -2.12. The summed E-state index contributed by atoms with van der Waals surface area (Å²) in [6.07, 6.45) is -0.191. The number of carbonyl (C=O) groups is 3. The van der Waals surface area contributed by atoms with Crippen LogP contribution in [0, 0.1) is 0 Å². The van der Waals surface area contributed by atoms with Gasteiger partial charge in [-0.25, -0.2) is 4.79 Å². The quantitative estimate of drug-likeness (QED) is 0.483. The standard InChI is InChI=1S/C14H23NO5S/c1-5-21-9-11(4)20-13(17)8-15-12(16)6-7-19-14(18)10(2)3/h11H,2,5-9H2,1,3-4H3,(H,15,16). The summed E-state index contributed by atoms with van der Waals surface area (Å²) < 4.78 is 9.88. The first-order valence-corrected chi connectivity index (χ1v) is 7.88. The second-order valence-corrected chi connectivity index (χ2v) is 5.72. The van der Waals surface area contributed by atoms with E-state index in [1.54, 1.807) is 18.7 Å². The van der Waals surface area contributed by atoms with Crippen molar-refractivity contribution >= 4 is 29.6 Å². The van der Waals surface area contributed by atoms with E-state index in [0.717, 1.165) is 11.5 Å². The van der Waals surface area contributed by atoms with Gasteiger partial charge in [0.05, 0.1) is 6.42 Å². The van der Waals surface area contributed by atoms with Crippen LogP contribution < -0.4 is 5.32 Å². The average Bonchev–Trinajstić information content (AvgIpc) is 2.42. The Morgan fingerprint density at radius 3 is 2.57 bits per heavy atom. The molecular weight excluding hydrogens is 294 g/mol. The molecule has 7 heteroatoms. The van der Waals surface area contributed by atoms with E-state index in [1.165, 1.54) is 6.92 Å². The van der Waals surface area contributed by atoms with E-state index >= 15 is 0 Å². The third-order valence-electron chi connectivity index (χ3n) is 2.23. The van der Waals surface area contributed by atoms with Crippen LogP contribution in [0.3, 0.4) is 0 Å². The molecule has 0 rings (SSSR count). The zero-order chi connectivity index (χ0) is 16.3. The van der Waals surface area contributed by atoms with Crippen molar-refractivity contribution < 1.29 is 23.9 Å². The maximum Gasteiger partial charge on any atom is 0.333 e. The highest BCUT2D eigenvalue weighted by molar-refractivity contribution is 7.99. The fourth-order valence-electron chi connectivity index (χ4n) is 1.20. The van der Waals surface area contributed by atoms with E-state index in [9.17, 15) is 14.4 Å². The van der Waals surface area contributed by atoms with Crippen LogP contribution in [-0.4, -0.2) is 48.6 Å². The Morgan fingerprint density at radius 2 is 2.00 bits per heavy atom. The minimum Gasteiger partial charge on any atom is -0.462 e. The zero-order valence-electron chi connectivity index (χ0n) is 12.8. The molecule has 1 N–H and O–H groups in total. The zero-order valence-corrected chi connectivity index (χ0v) is 13.6. The molecule has 0 fully saturated rings. The molecule has 0 aromatic rings. The van der Waals surface area contributed by atoms with Crippen LogP contribution in [0.4, 0.5) is 0 Å². The molecular formula is C14H23NO5S. The molecule has 21 heavy (non-hydrogen) atoms. The van der Waals surface area contributed by atoms with Gasteiger partial charge in [0, 0.05) is 11.3 Å². The highest BCUT2D eigenvalue weighted by Crippen LogP contribution is 2.04. The summed E-state index contributed by atoms with van der Waals surface area (Å²) in [7, 11) is 0. The largest absolute Gasteiger partial charge is 0.462 e. The summed E-state index contributed by atoms with van der Waals surface area (Å²) in [5.41, 5.74) is 0.276. The van der Waals surface area contributed by atoms with Crippen molar-refractivity contribution in [2.45, 2.75) is 33.3 Å². The van der Waals surface area contributed by atoms with E-state index in [0.29, 0.717) is 0 Å². The summed E-state index contributed by atoms with van der Waals surface area (Å²) in [6.45, 7) is 8.55. The van der Waals surface area contributed by atoms with E-state index in [2.05, 4.69) is 11.9 Å². The molecule has 0 bridgehead atoms. The molecule has 0 aromatic carbocycles. The molecule has 0 heterocycles. The minimum absolute atomic E-state index is 0.00641. The fraction of sp³-hybridized carbons (Fsp3) is 0.643. The molecule has 120 valence electrons. The monoisotopic (exact) mass is 317 g/mol. The maximum absolute atomic E-state index is 11.4. The lowest BCUT2D eigenvalue weighted by molar-refractivity contribution is -0.147. The third kappa shape index (κ3) is 10.9. The first-order chi connectivity index (χ1) is 9.86. The molecule has 0 aromatic heterocycles. The number of ether oxygens (including phenoxy) is 2. The smallest absolute Gasteiger partial charge is 0.333 e. The first-order valence-electron chi connectivity index (χ1n) is 6.73. The first kappa shape index (κ1) is 19.5. The predicted molar refractivity (Wildman–Crippen MR) is 82.0 cm³/mol. The maximum atomic E-state index is 11.4. The van der Waals surface area contributed by atoms with Gasteiger partial charge in [0.25, 0.3) is 0 Å². The van der Waals surface area contributed by atoms with Crippen molar-refractivity contribution in [3.63, 3.8) is 0 Å². The highest BCUT2D eigenvalue weighted by Gasteiger charge is 2.11.